The highest BCUT2D eigenvalue weighted by Gasteiger charge is 2.47. The average molecular weight is 289 g/mol. The maximum Gasteiger partial charge on any atom is 0.251 e. The highest BCUT2D eigenvalue weighted by molar-refractivity contribution is 5.94. The van der Waals surface area contributed by atoms with Gasteiger partial charge in [0.05, 0.1) is 6.61 Å². The quantitative estimate of drug-likeness (QED) is 0.871. The van der Waals surface area contributed by atoms with Crippen molar-refractivity contribution in [2.45, 2.75) is 31.9 Å². The van der Waals surface area contributed by atoms with Crippen LogP contribution in [0.1, 0.15) is 35.2 Å². The van der Waals surface area contributed by atoms with Gasteiger partial charge < -0.3 is 15.2 Å². The van der Waals surface area contributed by atoms with Gasteiger partial charge in [-0.25, -0.2) is 0 Å². The molecule has 21 heavy (non-hydrogen) atoms. The van der Waals surface area contributed by atoms with E-state index in [9.17, 15) is 9.90 Å². The summed E-state index contributed by atoms with van der Waals surface area (Å²) < 4.78 is 5.07. The zero-order chi connectivity index (χ0) is 14.8. The summed E-state index contributed by atoms with van der Waals surface area (Å²) in [6.45, 7) is 0.736. The van der Waals surface area contributed by atoms with Crippen molar-refractivity contribution in [1.29, 1.82) is 0 Å². The Labute approximate surface area is 125 Å². The Morgan fingerprint density at radius 2 is 2.00 bits per heavy atom. The SMILES string of the molecule is COCc1ccc(C(=O)NC2C3CCC(C3)C2CO)cc1. The van der Waals surface area contributed by atoms with Crippen LogP contribution < -0.4 is 5.32 Å². The van der Waals surface area contributed by atoms with Crippen LogP contribution in [-0.2, 0) is 11.3 Å². The molecule has 0 heterocycles. The maximum atomic E-state index is 12.4. The van der Waals surface area contributed by atoms with E-state index in [-0.39, 0.29) is 24.5 Å². The molecule has 0 spiro atoms. The smallest absolute Gasteiger partial charge is 0.251 e. The van der Waals surface area contributed by atoms with Crippen LogP contribution >= 0.6 is 0 Å². The third-order valence-electron chi connectivity index (χ3n) is 5.12. The molecule has 4 unspecified atom stereocenters. The van der Waals surface area contributed by atoms with Crippen LogP contribution in [0.3, 0.4) is 0 Å². The number of carbonyl (C=O) groups is 1. The lowest BCUT2D eigenvalue weighted by atomic mass is 9.85. The first-order valence-corrected chi connectivity index (χ1v) is 7.72. The summed E-state index contributed by atoms with van der Waals surface area (Å²) in [5, 5.41) is 12.7. The van der Waals surface area contributed by atoms with Crippen molar-refractivity contribution in [2.75, 3.05) is 13.7 Å². The van der Waals surface area contributed by atoms with E-state index in [1.54, 1.807) is 7.11 Å². The number of hydrogen-bond acceptors (Lipinski definition) is 3. The van der Waals surface area contributed by atoms with Crippen molar-refractivity contribution in [3.05, 3.63) is 35.4 Å². The molecule has 2 N–H and O–H groups in total. The molecule has 4 nitrogen and oxygen atoms in total. The van der Waals surface area contributed by atoms with Gasteiger partial charge in [0.15, 0.2) is 0 Å². The standard InChI is InChI=1S/C17H23NO3/c1-21-10-11-2-4-12(5-3-11)17(20)18-16-14-7-6-13(8-14)15(16)9-19/h2-5,13-16,19H,6-10H2,1H3,(H,18,20). The summed E-state index contributed by atoms with van der Waals surface area (Å²) >= 11 is 0. The lowest BCUT2D eigenvalue weighted by molar-refractivity contribution is 0.0861. The minimum Gasteiger partial charge on any atom is -0.396 e. The van der Waals surface area contributed by atoms with Gasteiger partial charge >= 0.3 is 0 Å². The van der Waals surface area contributed by atoms with Crippen molar-refractivity contribution in [1.82, 2.24) is 5.32 Å². The molecule has 2 aliphatic rings. The van der Waals surface area contributed by atoms with Gasteiger partial charge in [0.1, 0.15) is 0 Å². The molecule has 1 aromatic rings. The highest BCUT2D eigenvalue weighted by Crippen LogP contribution is 2.48. The van der Waals surface area contributed by atoms with E-state index in [2.05, 4.69) is 5.32 Å². The van der Waals surface area contributed by atoms with E-state index in [4.69, 9.17) is 4.74 Å². The Morgan fingerprint density at radius 1 is 1.29 bits per heavy atom. The largest absolute Gasteiger partial charge is 0.396 e. The third kappa shape index (κ3) is 2.83. The zero-order valence-electron chi connectivity index (χ0n) is 12.4. The molecule has 0 aliphatic heterocycles. The number of nitrogens with one attached hydrogen (secondary N) is 1. The van der Waals surface area contributed by atoms with Gasteiger partial charge in [0, 0.05) is 31.2 Å². The molecule has 2 aliphatic carbocycles. The van der Waals surface area contributed by atoms with Gasteiger partial charge in [-0.3, -0.25) is 4.79 Å². The predicted octanol–water partition coefficient (Wildman–Crippen LogP) is 1.97. The molecule has 4 atom stereocenters. The van der Waals surface area contributed by atoms with Crippen LogP contribution in [0.15, 0.2) is 24.3 Å². The van der Waals surface area contributed by atoms with Crippen LogP contribution in [0, 0.1) is 17.8 Å². The number of carbonyl (C=O) groups excluding carboxylic acids is 1. The molecule has 1 aromatic carbocycles. The lowest BCUT2D eigenvalue weighted by Gasteiger charge is -2.30. The number of hydrogen-bond donors (Lipinski definition) is 2. The maximum absolute atomic E-state index is 12.4. The number of benzene rings is 1. The van der Waals surface area contributed by atoms with Gasteiger partial charge in [0.25, 0.3) is 5.91 Å². The summed E-state index contributed by atoms with van der Waals surface area (Å²) in [4.78, 5) is 12.4. The van der Waals surface area contributed by atoms with Crippen LogP contribution in [0.25, 0.3) is 0 Å². The van der Waals surface area contributed by atoms with Crippen molar-refractivity contribution in [2.24, 2.45) is 17.8 Å². The Hall–Kier alpha value is -1.39. The summed E-state index contributed by atoms with van der Waals surface area (Å²) in [6.07, 6.45) is 3.54. The van der Waals surface area contributed by atoms with Crippen molar-refractivity contribution >= 4 is 5.91 Å². The number of aliphatic hydroxyl groups excluding tert-OH is 1. The third-order valence-corrected chi connectivity index (χ3v) is 5.12. The van der Waals surface area contributed by atoms with Crippen molar-refractivity contribution in [3.8, 4) is 0 Å². The normalized spacial score (nSPS) is 30.6. The van der Waals surface area contributed by atoms with Crippen LogP contribution in [0.4, 0.5) is 0 Å². The fourth-order valence-electron chi connectivity index (χ4n) is 4.05. The molecule has 2 fully saturated rings. The van der Waals surface area contributed by atoms with E-state index in [0.29, 0.717) is 24.0 Å². The van der Waals surface area contributed by atoms with E-state index >= 15 is 0 Å². The monoisotopic (exact) mass is 289 g/mol. The Bertz CT molecular complexity index is 499. The molecule has 0 aromatic heterocycles. The van der Waals surface area contributed by atoms with E-state index in [1.807, 2.05) is 24.3 Å². The number of aliphatic hydroxyl groups is 1. The second-order valence-corrected chi connectivity index (χ2v) is 6.31. The number of ether oxygens (including phenoxy) is 1. The molecule has 1 amide bonds. The second kappa shape index (κ2) is 6.16. The van der Waals surface area contributed by atoms with Gasteiger partial charge in [-0.15, -0.1) is 0 Å². The molecular formula is C17H23NO3. The van der Waals surface area contributed by atoms with Crippen LogP contribution in [0.5, 0.6) is 0 Å². The number of rotatable bonds is 5. The molecule has 0 saturated heterocycles. The zero-order valence-corrected chi connectivity index (χ0v) is 12.4. The average Bonchev–Trinajstić information content (AvgIpc) is 3.09. The van der Waals surface area contributed by atoms with Gasteiger partial charge in [-0.05, 0) is 48.8 Å². The summed E-state index contributed by atoms with van der Waals surface area (Å²) in [5.41, 5.74) is 1.73. The van der Waals surface area contributed by atoms with Gasteiger partial charge in [0.2, 0.25) is 0 Å². The first-order chi connectivity index (χ1) is 10.2. The number of fused-ring (bicyclic) bond motifs is 2. The first kappa shape index (κ1) is 14.5. The molecular weight excluding hydrogens is 266 g/mol. The Kier molecular flexibility index (Phi) is 4.27. The van der Waals surface area contributed by atoms with Crippen molar-refractivity contribution < 1.29 is 14.6 Å². The summed E-state index contributed by atoms with van der Waals surface area (Å²) in [6, 6.07) is 7.65. The molecule has 0 radical (unpaired) electrons. The van der Waals surface area contributed by atoms with Crippen molar-refractivity contribution in [3.63, 3.8) is 0 Å². The van der Waals surface area contributed by atoms with Crippen LogP contribution in [0.2, 0.25) is 0 Å². The fraction of sp³-hybridized carbons (Fsp3) is 0.588. The molecule has 2 bridgehead atoms. The summed E-state index contributed by atoms with van der Waals surface area (Å²) in [5.74, 6) is 1.34. The van der Waals surface area contributed by atoms with Crippen LogP contribution in [-0.4, -0.2) is 30.8 Å². The fourth-order valence-corrected chi connectivity index (χ4v) is 4.05. The van der Waals surface area contributed by atoms with E-state index in [0.717, 1.165) is 12.0 Å². The lowest BCUT2D eigenvalue weighted by Crippen LogP contribution is -2.45. The first-order valence-electron chi connectivity index (χ1n) is 7.72. The minimum atomic E-state index is -0.0324. The Morgan fingerprint density at radius 3 is 2.67 bits per heavy atom. The summed E-state index contributed by atoms with van der Waals surface area (Å²) in [7, 11) is 1.66. The predicted molar refractivity (Wildman–Crippen MR) is 79.8 cm³/mol. The van der Waals surface area contributed by atoms with E-state index in [1.165, 1.54) is 12.8 Å². The Balaban J connectivity index is 1.65. The second-order valence-electron chi connectivity index (χ2n) is 6.31. The minimum absolute atomic E-state index is 0.0324. The molecule has 3 rings (SSSR count). The van der Waals surface area contributed by atoms with E-state index < -0.39 is 0 Å². The molecule has 4 heteroatoms. The molecule has 114 valence electrons. The van der Waals surface area contributed by atoms with Gasteiger partial charge in [-0.2, -0.15) is 0 Å². The number of amides is 1. The van der Waals surface area contributed by atoms with Gasteiger partial charge in [-0.1, -0.05) is 12.1 Å². The number of methoxy groups -OCH3 is 1. The highest BCUT2D eigenvalue weighted by atomic mass is 16.5. The molecule has 2 saturated carbocycles. The topological polar surface area (TPSA) is 58.6 Å².